The summed E-state index contributed by atoms with van der Waals surface area (Å²) in [4.78, 5) is 0. The van der Waals surface area contributed by atoms with Gasteiger partial charge in [-0.1, -0.05) is 128 Å². The van der Waals surface area contributed by atoms with Crippen LogP contribution < -0.4 is 4.74 Å². The van der Waals surface area contributed by atoms with E-state index < -0.39 is 5.41 Å². The van der Waals surface area contributed by atoms with Crippen LogP contribution in [-0.4, -0.2) is 20.2 Å². The molecule has 2 unspecified atom stereocenters. The van der Waals surface area contributed by atoms with Gasteiger partial charge in [-0.25, -0.2) is 0 Å². The van der Waals surface area contributed by atoms with E-state index in [1.54, 1.807) is 14.2 Å². The van der Waals surface area contributed by atoms with Crippen LogP contribution >= 0.6 is 0 Å². The Balaban J connectivity index is 1.96. The van der Waals surface area contributed by atoms with E-state index in [-0.39, 0.29) is 11.5 Å². The Morgan fingerprint density at radius 2 is 1.40 bits per heavy atom. The van der Waals surface area contributed by atoms with Crippen LogP contribution in [0.3, 0.4) is 0 Å². The van der Waals surface area contributed by atoms with E-state index in [1.165, 1.54) is 68.9 Å². The van der Waals surface area contributed by atoms with Gasteiger partial charge in [0.25, 0.3) is 0 Å². The first-order valence-corrected chi connectivity index (χ1v) is 16.7. The number of nitrogens with zero attached hydrogens (tertiary/aromatic N) is 3. The molecule has 2 atom stereocenters. The lowest BCUT2D eigenvalue weighted by molar-refractivity contribution is 0.392. The molecule has 2 aromatic rings. The first kappa shape index (κ1) is 35.5. The van der Waals surface area contributed by atoms with E-state index >= 15 is 0 Å². The second-order valence-electron chi connectivity index (χ2n) is 13.2. The van der Waals surface area contributed by atoms with Crippen molar-refractivity contribution in [2.24, 2.45) is 10.2 Å². The highest BCUT2D eigenvalue weighted by atomic mass is 16.5. The monoisotopic (exact) mass is 573 g/mol. The van der Waals surface area contributed by atoms with Gasteiger partial charge in [0.15, 0.2) is 0 Å². The van der Waals surface area contributed by atoms with Crippen molar-refractivity contribution in [1.29, 1.82) is 5.26 Å². The normalized spacial score (nSPS) is 14.0. The van der Waals surface area contributed by atoms with Crippen molar-refractivity contribution >= 4 is 0 Å². The molecule has 4 nitrogen and oxygen atoms in total. The van der Waals surface area contributed by atoms with Gasteiger partial charge in [-0.3, -0.25) is 0 Å². The molecule has 0 amide bonds. The van der Waals surface area contributed by atoms with Crippen LogP contribution in [0.4, 0.5) is 0 Å². The Bertz CT molecular complexity index is 1060. The summed E-state index contributed by atoms with van der Waals surface area (Å²) in [5.74, 6) is 0.824. The van der Waals surface area contributed by atoms with Crippen LogP contribution in [0.5, 0.6) is 5.75 Å². The van der Waals surface area contributed by atoms with E-state index in [0.29, 0.717) is 0 Å². The van der Waals surface area contributed by atoms with Gasteiger partial charge in [-0.05, 0) is 72.8 Å². The summed E-state index contributed by atoms with van der Waals surface area (Å²) < 4.78 is 5.54. The highest BCUT2D eigenvalue weighted by Gasteiger charge is 2.32. The largest absolute Gasteiger partial charge is 0.497 e. The molecule has 42 heavy (non-hydrogen) atoms. The first-order chi connectivity index (χ1) is 20.3. The average Bonchev–Trinajstić information content (AvgIpc) is 2.99. The summed E-state index contributed by atoms with van der Waals surface area (Å²) in [5, 5.41) is 19.4. The van der Waals surface area contributed by atoms with Crippen LogP contribution in [0, 0.1) is 11.3 Å². The summed E-state index contributed by atoms with van der Waals surface area (Å²) in [6, 6.07) is 20.2. The molecular weight excluding hydrogens is 514 g/mol. The lowest BCUT2D eigenvalue weighted by Gasteiger charge is -2.28. The Morgan fingerprint density at radius 3 is 1.98 bits per heavy atom. The van der Waals surface area contributed by atoms with Crippen molar-refractivity contribution in [1.82, 2.24) is 0 Å². The maximum Gasteiger partial charge on any atom is 0.119 e. The molecule has 0 fully saturated rings. The second-order valence-corrected chi connectivity index (χ2v) is 13.2. The van der Waals surface area contributed by atoms with Crippen molar-refractivity contribution in [3.8, 4) is 11.8 Å². The Hall–Kier alpha value is -2.67. The van der Waals surface area contributed by atoms with E-state index in [1.807, 2.05) is 12.1 Å². The lowest BCUT2D eigenvalue weighted by atomic mass is 9.73. The van der Waals surface area contributed by atoms with Crippen molar-refractivity contribution in [2.75, 3.05) is 14.2 Å². The fourth-order valence-corrected chi connectivity index (χ4v) is 5.99. The Labute approximate surface area is 258 Å². The molecule has 0 aliphatic heterocycles. The maximum atomic E-state index is 10.6. The van der Waals surface area contributed by atoms with Gasteiger partial charge < -0.3 is 4.74 Å². The minimum Gasteiger partial charge on any atom is -0.497 e. The van der Waals surface area contributed by atoms with Gasteiger partial charge in [-0.2, -0.15) is 15.5 Å². The zero-order valence-corrected chi connectivity index (χ0v) is 27.8. The number of benzene rings is 2. The quantitative estimate of drug-likeness (QED) is 0.110. The van der Waals surface area contributed by atoms with Gasteiger partial charge in [0, 0.05) is 7.05 Å². The predicted octanol–water partition coefficient (Wildman–Crippen LogP) is 11.3. The number of methoxy groups -OCH3 is 1. The van der Waals surface area contributed by atoms with E-state index in [2.05, 4.69) is 80.4 Å². The van der Waals surface area contributed by atoms with Gasteiger partial charge in [0.05, 0.1) is 24.6 Å². The van der Waals surface area contributed by atoms with Crippen LogP contribution in [0.2, 0.25) is 0 Å². The van der Waals surface area contributed by atoms with Crippen LogP contribution in [-0.2, 0) is 17.3 Å². The number of hydrogen-bond donors (Lipinski definition) is 0. The molecule has 2 rings (SSSR count). The molecule has 0 radical (unpaired) electrons. The smallest absolute Gasteiger partial charge is 0.119 e. The van der Waals surface area contributed by atoms with Crippen molar-refractivity contribution < 1.29 is 4.74 Å². The van der Waals surface area contributed by atoms with Gasteiger partial charge in [0.2, 0.25) is 0 Å². The number of nitriles is 1. The number of azo groups is 1. The minimum atomic E-state index is -0.495. The highest BCUT2D eigenvalue weighted by Crippen LogP contribution is 2.37. The lowest BCUT2D eigenvalue weighted by Crippen LogP contribution is -2.25. The van der Waals surface area contributed by atoms with Crippen molar-refractivity contribution in [2.45, 2.75) is 147 Å². The SMILES string of the molecule is CCCCCCCCCCCCC(C#N)(CCCC(CCc1ccc(C(C)(C)C)cc1)N=NC)c1cccc(OC)c1. The zero-order chi connectivity index (χ0) is 30.7. The maximum absolute atomic E-state index is 10.6. The summed E-state index contributed by atoms with van der Waals surface area (Å²) in [5.41, 5.74) is 3.48. The Morgan fingerprint density at radius 1 is 0.786 bits per heavy atom. The standard InChI is InChI=1S/C38H59N3O/c1-7-8-9-10-11-12-13-14-15-16-28-38(31-39,34-19-17-21-36(30-34)42-6)29-18-20-35(41-40-5)27-24-32-22-25-33(26-23-32)37(2,3)4/h17,19,21-23,25-26,30,35H,7-16,18,20,24,27-29H2,1-6H3. The molecule has 0 bridgehead atoms. The van der Waals surface area contributed by atoms with E-state index in [0.717, 1.165) is 56.3 Å². The summed E-state index contributed by atoms with van der Waals surface area (Å²) in [6.07, 6.45) is 18.6. The van der Waals surface area contributed by atoms with Crippen molar-refractivity contribution in [3.63, 3.8) is 0 Å². The third-order valence-corrected chi connectivity index (χ3v) is 8.80. The van der Waals surface area contributed by atoms with E-state index in [9.17, 15) is 5.26 Å². The predicted molar refractivity (Wildman–Crippen MR) is 179 cm³/mol. The second kappa shape index (κ2) is 19.5. The number of rotatable bonds is 21. The van der Waals surface area contributed by atoms with Crippen LogP contribution in [0.15, 0.2) is 58.8 Å². The topological polar surface area (TPSA) is 57.7 Å². The molecule has 0 heterocycles. The van der Waals surface area contributed by atoms with Gasteiger partial charge in [0.1, 0.15) is 5.75 Å². The molecule has 232 valence electrons. The summed E-state index contributed by atoms with van der Waals surface area (Å²) >= 11 is 0. The average molecular weight is 574 g/mol. The molecule has 0 N–H and O–H groups in total. The first-order valence-electron chi connectivity index (χ1n) is 16.7. The van der Waals surface area contributed by atoms with E-state index in [4.69, 9.17) is 4.74 Å². The molecule has 0 saturated heterocycles. The molecule has 0 spiro atoms. The van der Waals surface area contributed by atoms with Crippen molar-refractivity contribution in [3.05, 3.63) is 65.2 Å². The zero-order valence-electron chi connectivity index (χ0n) is 27.8. The third-order valence-electron chi connectivity index (χ3n) is 8.80. The molecule has 0 aromatic heterocycles. The fraction of sp³-hybridized carbons (Fsp3) is 0.658. The Kier molecular flexibility index (Phi) is 16.5. The molecule has 0 aliphatic rings. The third kappa shape index (κ3) is 12.7. The minimum absolute atomic E-state index is 0.168. The highest BCUT2D eigenvalue weighted by molar-refractivity contribution is 5.38. The van der Waals surface area contributed by atoms with Gasteiger partial charge in [-0.15, -0.1) is 0 Å². The van der Waals surface area contributed by atoms with Crippen LogP contribution in [0.25, 0.3) is 0 Å². The molecule has 0 aliphatic carbocycles. The molecule has 4 heteroatoms. The molecule has 0 saturated carbocycles. The number of ether oxygens (including phenoxy) is 1. The molecule has 2 aromatic carbocycles. The van der Waals surface area contributed by atoms with Gasteiger partial charge >= 0.3 is 0 Å². The summed E-state index contributed by atoms with van der Waals surface area (Å²) in [6.45, 7) is 9.03. The number of hydrogen-bond acceptors (Lipinski definition) is 4. The summed E-state index contributed by atoms with van der Waals surface area (Å²) in [7, 11) is 3.47. The van der Waals surface area contributed by atoms with Crippen LogP contribution in [0.1, 0.15) is 141 Å². The number of unbranched alkanes of at least 4 members (excludes halogenated alkanes) is 9. The number of aryl methyl sites for hydroxylation is 1. The molecular formula is C38H59N3O. The fourth-order valence-electron chi connectivity index (χ4n) is 5.99.